The van der Waals surface area contributed by atoms with E-state index in [0.29, 0.717) is 11.4 Å². The largest absolute Gasteiger partial charge is 0.497 e. The van der Waals surface area contributed by atoms with E-state index in [-0.39, 0.29) is 43.4 Å². The Labute approximate surface area is 305 Å². The molecule has 52 heavy (non-hydrogen) atoms. The number of urea groups is 1. The summed E-state index contributed by atoms with van der Waals surface area (Å²) in [6.07, 6.45) is -1.15. The number of benzene rings is 3. The van der Waals surface area contributed by atoms with Gasteiger partial charge in [-0.2, -0.15) is 4.31 Å². The maximum absolute atomic E-state index is 14.2. The number of hydrogen-bond donors (Lipinski definition) is 2. The lowest BCUT2D eigenvalue weighted by Crippen LogP contribution is -2.57. The van der Waals surface area contributed by atoms with E-state index in [0.717, 1.165) is 21.4 Å². The van der Waals surface area contributed by atoms with Gasteiger partial charge in [-0.05, 0) is 60.2 Å². The second-order valence-corrected chi connectivity index (χ2v) is 15.8. The zero-order valence-electron chi connectivity index (χ0n) is 30.2. The number of nitrogens with zero attached hydrogens (tertiary/aromatic N) is 4. The number of fused-ring (bicyclic) bond motifs is 1. The second kappa shape index (κ2) is 16.7. The van der Waals surface area contributed by atoms with E-state index in [1.807, 2.05) is 74.5 Å². The molecule has 3 aromatic carbocycles. The molecule has 1 aliphatic heterocycles. The van der Waals surface area contributed by atoms with Crippen LogP contribution < -0.4 is 10.1 Å². The molecule has 12 nitrogen and oxygen atoms in total. The van der Waals surface area contributed by atoms with Crippen LogP contribution in [-0.2, 0) is 32.6 Å². The molecule has 276 valence electrons. The number of rotatable bonds is 16. The van der Waals surface area contributed by atoms with Gasteiger partial charge < -0.3 is 20.1 Å². The van der Waals surface area contributed by atoms with Crippen LogP contribution in [0.2, 0.25) is 0 Å². The summed E-state index contributed by atoms with van der Waals surface area (Å²) in [5.41, 5.74) is 2.08. The molecule has 0 unspecified atom stereocenters. The summed E-state index contributed by atoms with van der Waals surface area (Å²) in [6, 6.07) is 23.9. The van der Waals surface area contributed by atoms with Crippen LogP contribution in [-0.4, -0.2) is 95.4 Å². The number of sulfonamides is 1. The first-order valence-electron chi connectivity index (χ1n) is 17.4. The number of nitrogens with one attached hydrogen (secondary N) is 1. The highest BCUT2D eigenvalue weighted by Crippen LogP contribution is 2.24. The smallest absolute Gasteiger partial charge is 0.328 e. The quantitative estimate of drug-likeness (QED) is 0.161. The van der Waals surface area contributed by atoms with Crippen LogP contribution in [0, 0.1) is 11.8 Å². The Morgan fingerprint density at radius 2 is 1.60 bits per heavy atom. The van der Waals surface area contributed by atoms with Crippen LogP contribution in [0.15, 0.2) is 95.9 Å². The summed E-state index contributed by atoms with van der Waals surface area (Å²) in [6.45, 7) is 6.81. The maximum atomic E-state index is 14.2. The molecule has 0 aliphatic carbocycles. The number of hydrogen-bond acceptors (Lipinski definition) is 8. The van der Waals surface area contributed by atoms with Gasteiger partial charge in [0.15, 0.2) is 0 Å². The van der Waals surface area contributed by atoms with Crippen LogP contribution in [0.5, 0.6) is 5.75 Å². The molecule has 0 spiro atoms. The minimum atomic E-state index is -4.05. The fraction of sp³-hybridized carbons (Fsp3) is 0.385. The van der Waals surface area contributed by atoms with Crippen molar-refractivity contribution in [1.29, 1.82) is 0 Å². The van der Waals surface area contributed by atoms with E-state index in [9.17, 15) is 27.9 Å². The number of methoxy groups -OCH3 is 1. The number of aliphatic hydroxyl groups is 1. The molecule has 3 atom stereocenters. The van der Waals surface area contributed by atoms with Gasteiger partial charge >= 0.3 is 6.03 Å². The molecule has 1 aliphatic rings. The van der Waals surface area contributed by atoms with Crippen LogP contribution in [0.4, 0.5) is 4.79 Å². The fourth-order valence-electron chi connectivity index (χ4n) is 6.43. The highest BCUT2D eigenvalue weighted by atomic mass is 32.2. The summed E-state index contributed by atoms with van der Waals surface area (Å²) >= 11 is 0. The van der Waals surface area contributed by atoms with Crippen molar-refractivity contribution in [3.63, 3.8) is 0 Å². The normalized spacial score (nSPS) is 15.5. The van der Waals surface area contributed by atoms with Crippen molar-refractivity contribution in [2.24, 2.45) is 11.8 Å². The molecule has 5 rings (SSSR count). The molecule has 1 fully saturated rings. The molecule has 0 saturated carbocycles. The van der Waals surface area contributed by atoms with Crippen molar-refractivity contribution < 1.29 is 32.6 Å². The van der Waals surface area contributed by atoms with E-state index in [1.165, 1.54) is 28.4 Å². The van der Waals surface area contributed by atoms with Gasteiger partial charge in [0.25, 0.3) is 5.91 Å². The van der Waals surface area contributed by atoms with E-state index < -0.39 is 52.0 Å². The molecular formula is C39H47N5O7S. The molecule has 13 heteroatoms. The molecule has 1 aromatic heterocycles. The summed E-state index contributed by atoms with van der Waals surface area (Å²) in [7, 11) is -2.55. The van der Waals surface area contributed by atoms with Crippen LogP contribution in [0.25, 0.3) is 10.9 Å². The molecule has 1 saturated heterocycles. The Morgan fingerprint density at radius 1 is 0.923 bits per heavy atom. The predicted molar refractivity (Wildman–Crippen MR) is 198 cm³/mol. The van der Waals surface area contributed by atoms with Gasteiger partial charge in [-0.15, -0.1) is 0 Å². The number of amides is 4. The zero-order chi connectivity index (χ0) is 37.6. The van der Waals surface area contributed by atoms with Crippen molar-refractivity contribution in [2.75, 3.05) is 26.7 Å². The molecule has 0 bridgehead atoms. The number of aromatic nitrogens is 1. The number of carbonyl (C=O) groups is 3. The SMILES string of the molecule is COc1ccc(S(=O)(=O)N(CC(C)C)C[C@H](O)[C@H](Cc2ccccc2)NC(=O)[C@H](C(C)C)N2CC(=O)N(Cc3ccc4ccccc4n3)C2=O)cc1. The first kappa shape index (κ1) is 38.4. The third-order valence-electron chi connectivity index (χ3n) is 9.04. The highest BCUT2D eigenvalue weighted by Gasteiger charge is 2.44. The molecule has 4 aromatic rings. The monoisotopic (exact) mass is 729 g/mol. The lowest BCUT2D eigenvalue weighted by molar-refractivity contribution is -0.129. The van der Waals surface area contributed by atoms with Crippen molar-refractivity contribution in [3.05, 3.63) is 102 Å². The standard InChI is InChI=1S/C39H47N5O7S/c1-26(2)22-42(52(49,50)32-19-17-31(51-5)18-20-32)24-35(45)34(21-28-11-7-6-8-12-28)41-38(47)37(27(3)4)44-25-36(46)43(39(44)48)23-30-16-15-29-13-9-10-14-33(29)40-30/h6-20,26-27,34-35,37,45H,21-25H2,1-5H3,(H,41,47)/t34-,35-,37-/m0/s1. The molecule has 2 N–H and O–H groups in total. The van der Waals surface area contributed by atoms with Crippen LogP contribution in [0.1, 0.15) is 39.0 Å². The van der Waals surface area contributed by atoms with Gasteiger partial charge in [0.05, 0.1) is 41.9 Å². The van der Waals surface area contributed by atoms with Crippen molar-refractivity contribution >= 4 is 38.8 Å². The third kappa shape index (κ3) is 8.95. The van der Waals surface area contributed by atoms with E-state index >= 15 is 0 Å². The van der Waals surface area contributed by atoms with Crippen molar-refractivity contribution in [3.8, 4) is 5.75 Å². The van der Waals surface area contributed by atoms with E-state index in [4.69, 9.17) is 4.74 Å². The fourth-order valence-corrected chi connectivity index (χ4v) is 8.05. The van der Waals surface area contributed by atoms with Gasteiger partial charge in [0, 0.05) is 18.5 Å². The lowest BCUT2D eigenvalue weighted by atomic mass is 9.97. The summed E-state index contributed by atoms with van der Waals surface area (Å²) in [5, 5.41) is 15.6. The first-order valence-corrected chi connectivity index (χ1v) is 18.8. The number of pyridine rings is 1. The summed E-state index contributed by atoms with van der Waals surface area (Å²) in [4.78, 5) is 48.2. The average Bonchev–Trinajstić information content (AvgIpc) is 3.38. The molecule has 0 radical (unpaired) electrons. The van der Waals surface area contributed by atoms with Gasteiger partial charge in [-0.1, -0.05) is 82.3 Å². The average molecular weight is 730 g/mol. The predicted octanol–water partition coefficient (Wildman–Crippen LogP) is 4.47. The number of carbonyl (C=O) groups excluding carboxylic acids is 3. The summed E-state index contributed by atoms with van der Waals surface area (Å²) in [5.74, 6) is -0.981. The first-order chi connectivity index (χ1) is 24.8. The molecule has 2 heterocycles. The number of imide groups is 1. The topological polar surface area (TPSA) is 149 Å². The Morgan fingerprint density at radius 3 is 2.25 bits per heavy atom. The van der Waals surface area contributed by atoms with Crippen LogP contribution >= 0.6 is 0 Å². The highest BCUT2D eigenvalue weighted by molar-refractivity contribution is 7.89. The Kier molecular flexibility index (Phi) is 12.3. The van der Waals surface area contributed by atoms with Crippen molar-refractivity contribution in [2.45, 2.75) is 63.7 Å². The minimum Gasteiger partial charge on any atom is -0.497 e. The van der Waals surface area contributed by atoms with Gasteiger partial charge in [0.2, 0.25) is 15.9 Å². The number of para-hydroxylation sites is 1. The van der Waals surface area contributed by atoms with Gasteiger partial charge in [-0.3, -0.25) is 19.5 Å². The number of aliphatic hydroxyl groups excluding tert-OH is 1. The molecule has 4 amide bonds. The maximum Gasteiger partial charge on any atom is 0.328 e. The zero-order valence-corrected chi connectivity index (χ0v) is 31.0. The Bertz CT molecular complexity index is 1970. The van der Waals surface area contributed by atoms with Crippen molar-refractivity contribution in [1.82, 2.24) is 24.4 Å². The second-order valence-electron chi connectivity index (χ2n) is 13.8. The van der Waals surface area contributed by atoms with E-state index in [2.05, 4.69) is 10.3 Å². The lowest BCUT2D eigenvalue weighted by Gasteiger charge is -2.34. The molecular weight excluding hydrogens is 683 g/mol. The minimum absolute atomic E-state index is 0.0465. The Hall–Kier alpha value is -4.85. The number of ether oxygens (including phenoxy) is 1. The van der Waals surface area contributed by atoms with Gasteiger partial charge in [0.1, 0.15) is 18.3 Å². The van der Waals surface area contributed by atoms with E-state index in [1.54, 1.807) is 32.0 Å². The third-order valence-corrected chi connectivity index (χ3v) is 10.9. The Balaban J connectivity index is 1.37. The summed E-state index contributed by atoms with van der Waals surface area (Å²) < 4.78 is 34.2. The van der Waals surface area contributed by atoms with Gasteiger partial charge in [-0.25, -0.2) is 13.2 Å². The van der Waals surface area contributed by atoms with Crippen LogP contribution in [0.3, 0.4) is 0 Å².